The van der Waals surface area contributed by atoms with E-state index in [1.807, 2.05) is 0 Å². The maximum atomic E-state index is 12.9. The van der Waals surface area contributed by atoms with Gasteiger partial charge in [-0.05, 0) is 17.7 Å². The first kappa shape index (κ1) is 13.2. The predicted molar refractivity (Wildman–Crippen MR) is 57.5 cm³/mol. The molecule has 0 amide bonds. The second-order valence-corrected chi connectivity index (χ2v) is 3.99. The fourth-order valence-corrected chi connectivity index (χ4v) is 1.55. The number of halogens is 3. The largest absolute Gasteiger partial charge is 0.497 e. The molecule has 6 heteroatoms. The third-order valence-electron chi connectivity index (χ3n) is 2.54. The minimum absolute atomic E-state index is 0.0301. The fourth-order valence-electron chi connectivity index (χ4n) is 1.55. The van der Waals surface area contributed by atoms with Crippen molar-refractivity contribution in [2.75, 3.05) is 20.3 Å². The third-order valence-corrected chi connectivity index (χ3v) is 2.54. The molecule has 2 unspecified atom stereocenters. The van der Waals surface area contributed by atoms with Crippen molar-refractivity contribution in [2.24, 2.45) is 0 Å². The molecule has 1 aromatic carbocycles. The van der Waals surface area contributed by atoms with Crippen LogP contribution >= 0.6 is 0 Å². The minimum atomic E-state index is -4.46. The molecule has 0 radical (unpaired) electrons. The maximum absolute atomic E-state index is 12.9. The summed E-state index contributed by atoms with van der Waals surface area (Å²) in [5, 5.41) is 0. The highest BCUT2D eigenvalue weighted by atomic mass is 19.4. The number of alkyl halides is 3. The minimum Gasteiger partial charge on any atom is -0.497 e. The summed E-state index contributed by atoms with van der Waals surface area (Å²) in [6, 6.07) is 5.78. The second kappa shape index (κ2) is 5.16. The molecule has 1 saturated heterocycles. The van der Waals surface area contributed by atoms with E-state index in [0.717, 1.165) is 0 Å². The van der Waals surface area contributed by atoms with E-state index in [-0.39, 0.29) is 18.3 Å². The SMILES string of the molecule is COc1cccc(C(OCC2CO2)C(F)(F)F)c1. The molecule has 1 fully saturated rings. The van der Waals surface area contributed by atoms with E-state index in [9.17, 15) is 13.2 Å². The molecule has 0 saturated carbocycles. The van der Waals surface area contributed by atoms with Crippen molar-refractivity contribution >= 4 is 0 Å². The van der Waals surface area contributed by atoms with E-state index < -0.39 is 12.3 Å². The van der Waals surface area contributed by atoms with Crippen LogP contribution in [0.25, 0.3) is 0 Å². The first-order valence-corrected chi connectivity index (χ1v) is 5.44. The van der Waals surface area contributed by atoms with Crippen molar-refractivity contribution in [1.82, 2.24) is 0 Å². The molecule has 2 atom stereocenters. The van der Waals surface area contributed by atoms with E-state index in [0.29, 0.717) is 12.4 Å². The first-order chi connectivity index (χ1) is 8.50. The van der Waals surface area contributed by atoms with Crippen molar-refractivity contribution in [2.45, 2.75) is 18.4 Å². The zero-order valence-corrected chi connectivity index (χ0v) is 9.74. The van der Waals surface area contributed by atoms with Gasteiger partial charge in [0.1, 0.15) is 11.9 Å². The van der Waals surface area contributed by atoms with Crippen molar-refractivity contribution < 1.29 is 27.4 Å². The summed E-state index contributed by atoms with van der Waals surface area (Å²) in [6.07, 6.45) is -6.61. The summed E-state index contributed by atoms with van der Waals surface area (Å²) in [7, 11) is 1.40. The molecule has 2 rings (SSSR count). The molecule has 100 valence electrons. The topological polar surface area (TPSA) is 31.0 Å². The Morgan fingerprint density at radius 3 is 2.72 bits per heavy atom. The van der Waals surface area contributed by atoms with Gasteiger partial charge in [-0.3, -0.25) is 0 Å². The summed E-state index contributed by atoms with van der Waals surface area (Å²) in [5.41, 5.74) is 0.0301. The molecule has 1 heterocycles. The van der Waals surface area contributed by atoms with Crippen LogP contribution in [0.1, 0.15) is 11.7 Å². The van der Waals surface area contributed by atoms with E-state index in [1.165, 1.54) is 25.3 Å². The Morgan fingerprint density at radius 1 is 1.44 bits per heavy atom. The standard InChI is InChI=1S/C12H13F3O3/c1-16-9-4-2-3-8(5-9)11(12(13,14)15)18-7-10-6-17-10/h2-5,10-11H,6-7H2,1H3. The van der Waals surface area contributed by atoms with Gasteiger partial charge in [0.25, 0.3) is 0 Å². The maximum Gasteiger partial charge on any atom is 0.418 e. The number of hydrogen-bond acceptors (Lipinski definition) is 3. The van der Waals surface area contributed by atoms with Crippen LogP contribution in [0.3, 0.4) is 0 Å². The number of methoxy groups -OCH3 is 1. The number of hydrogen-bond donors (Lipinski definition) is 0. The fraction of sp³-hybridized carbons (Fsp3) is 0.500. The van der Waals surface area contributed by atoms with Crippen molar-refractivity contribution in [1.29, 1.82) is 0 Å². The van der Waals surface area contributed by atoms with Gasteiger partial charge in [0.2, 0.25) is 0 Å². The number of epoxide rings is 1. The Hall–Kier alpha value is -1.27. The smallest absolute Gasteiger partial charge is 0.418 e. The van der Waals surface area contributed by atoms with Gasteiger partial charge in [-0.2, -0.15) is 13.2 Å². The predicted octanol–water partition coefficient (Wildman–Crippen LogP) is 2.71. The number of ether oxygens (including phenoxy) is 3. The van der Waals surface area contributed by atoms with Gasteiger partial charge in [0.05, 0.1) is 20.3 Å². The molecule has 0 aromatic heterocycles. The van der Waals surface area contributed by atoms with Crippen molar-refractivity contribution in [3.63, 3.8) is 0 Å². The van der Waals surface area contributed by atoms with Crippen LogP contribution in [0.15, 0.2) is 24.3 Å². The van der Waals surface area contributed by atoms with Crippen LogP contribution in [0.4, 0.5) is 13.2 Å². The Kier molecular flexibility index (Phi) is 3.77. The quantitative estimate of drug-likeness (QED) is 0.764. The normalized spacial score (nSPS) is 20.6. The zero-order chi connectivity index (χ0) is 13.2. The average Bonchev–Trinajstić information content (AvgIpc) is 3.12. The lowest BCUT2D eigenvalue weighted by Crippen LogP contribution is -2.25. The lowest BCUT2D eigenvalue weighted by molar-refractivity contribution is -0.224. The van der Waals surface area contributed by atoms with Crippen molar-refractivity contribution in [3.8, 4) is 5.75 Å². The van der Waals surface area contributed by atoms with Gasteiger partial charge in [0, 0.05) is 0 Å². The summed E-state index contributed by atoms with van der Waals surface area (Å²) in [4.78, 5) is 0. The molecule has 1 aliphatic rings. The average molecular weight is 262 g/mol. The van der Waals surface area contributed by atoms with Crippen LogP contribution in [0.2, 0.25) is 0 Å². The van der Waals surface area contributed by atoms with Gasteiger partial charge in [-0.1, -0.05) is 12.1 Å². The molecule has 1 aliphatic heterocycles. The van der Waals surface area contributed by atoms with Crippen molar-refractivity contribution in [3.05, 3.63) is 29.8 Å². The third kappa shape index (κ3) is 3.36. The lowest BCUT2D eigenvalue weighted by Gasteiger charge is -2.21. The molecule has 1 aromatic rings. The van der Waals surface area contributed by atoms with E-state index in [4.69, 9.17) is 14.2 Å². The molecular weight excluding hydrogens is 249 g/mol. The Labute approximate surface area is 102 Å². The molecule has 0 N–H and O–H groups in total. The van der Waals surface area contributed by atoms with E-state index in [1.54, 1.807) is 6.07 Å². The molecule has 3 nitrogen and oxygen atoms in total. The van der Waals surface area contributed by atoms with E-state index in [2.05, 4.69) is 0 Å². The summed E-state index contributed by atoms with van der Waals surface area (Å²) < 4.78 is 53.4. The van der Waals surface area contributed by atoms with Crippen LogP contribution < -0.4 is 4.74 Å². The summed E-state index contributed by atoms with van der Waals surface area (Å²) in [5.74, 6) is 0.369. The van der Waals surface area contributed by atoms with Crippen LogP contribution in [-0.4, -0.2) is 32.6 Å². The number of rotatable bonds is 5. The molecule has 18 heavy (non-hydrogen) atoms. The zero-order valence-electron chi connectivity index (χ0n) is 9.74. The van der Waals surface area contributed by atoms with Crippen LogP contribution in [0, 0.1) is 0 Å². The van der Waals surface area contributed by atoms with Gasteiger partial charge in [-0.25, -0.2) is 0 Å². The van der Waals surface area contributed by atoms with Gasteiger partial charge in [0.15, 0.2) is 6.10 Å². The first-order valence-electron chi connectivity index (χ1n) is 5.44. The Balaban J connectivity index is 2.14. The Morgan fingerprint density at radius 2 is 2.17 bits per heavy atom. The van der Waals surface area contributed by atoms with Gasteiger partial charge < -0.3 is 14.2 Å². The molecule has 0 bridgehead atoms. The van der Waals surface area contributed by atoms with E-state index >= 15 is 0 Å². The molecule has 0 spiro atoms. The van der Waals surface area contributed by atoms with Crippen LogP contribution in [0.5, 0.6) is 5.75 Å². The van der Waals surface area contributed by atoms with Gasteiger partial charge in [-0.15, -0.1) is 0 Å². The summed E-state index contributed by atoms with van der Waals surface area (Å²) >= 11 is 0. The van der Waals surface area contributed by atoms with Gasteiger partial charge >= 0.3 is 6.18 Å². The highest BCUT2D eigenvalue weighted by Crippen LogP contribution is 2.37. The lowest BCUT2D eigenvalue weighted by atomic mass is 10.1. The highest BCUT2D eigenvalue weighted by Gasteiger charge is 2.43. The Bertz CT molecular complexity index is 402. The summed E-state index contributed by atoms with van der Waals surface area (Å²) in [6.45, 7) is 0.407. The molecular formula is C12H13F3O3. The van der Waals surface area contributed by atoms with Crippen LogP contribution in [-0.2, 0) is 9.47 Å². The number of benzene rings is 1. The second-order valence-electron chi connectivity index (χ2n) is 3.99. The highest BCUT2D eigenvalue weighted by molar-refractivity contribution is 5.30. The monoisotopic (exact) mass is 262 g/mol. The molecule has 0 aliphatic carbocycles.